The molecule has 0 bridgehead atoms. The van der Waals surface area contributed by atoms with Gasteiger partial charge in [-0.3, -0.25) is 24.0 Å². The van der Waals surface area contributed by atoms with Gasteiger partial charge in [0.25, 0.3) is 0 Å². The summed E-state index contributed by atoms with van der Waals surface area (Å²) in [5.74, 6) is -5.97. The Labute approximate surface area is 204 Å². The fourth-order valence-electron chi connectivity index (χ4n) is 3.36. The van der Waals surface area contributed by atoms with Crippen molar-refractivity contribution >= 4 is 46.5 Å². The Morgan fingerprint density at radius 2 is 1.67 bits per heavy atom. The molecular weight excluding hydrogens is 476 g/mol. The lowest BCUT2D eigenvalue weighted by molar-refractivity contribution is -0.143. The van der Waals surface area contributed by atoms with Gasteiger partial charge in [-0.1, -0.05) is 18.2 Å². The Bertz CT molecular complexity index is 1150. The highest BCUT2D eigenvalue weighted by atomic mass is 16.4. The van der Waals surface area contributed by atoms with Gasteiger partial charge in [0.2, 0.25) is 23.6 Å². The second-order valence-electron chi connectivity index (χ2n) is 8.01. The Morgan fingerprint density at radius 1 is 0.972 bits per heavy atom. The summed E-state index contributed by atoms with van der Waals surface area (Å²) in [7, 11) is 0. The number of aromatic nitrogens is 1. The first-order valence-corrected chi connectivity index (χ1v) is 10.9. The molecule has 0 saturated heterocycles. The number of aromatic amines is 1. The SMILES string of the molecule is NC(=O)CC(NC(=O)CNC(=O)C(Cc1c[nH]c2ccccc12)NC(=O)C(N)CCC(=O)O)C(=O)O. The molecule has 0 saturated carbocycles. The Morgan fingerprint density at radius 3 is 2.31 bits per heavy atom. The Hall–Kier alpha value is -4.46. The van der Waals surface area contributed by atoms with Gasteiger partial charge < -0.3 is 42.6 Å². The minimum atomic E-state index is -1.57. The lowest BCUT2D eigenvalue weighted by Gasteiger charge is -2.21. The van der Waals surface area contributed by atoms with Crippen LogP contribution in [-0.2, 0) is 35.2 Å². The van der Waals surface area contributed by atoms with Gasteiger partial charge in [-0.05, 0) is 18.1 Å². The van der Waals surface area contributed by atoms with Gasteiger partial charge in [0.1, 0.15) is 12.1 Å². The largest absolute Gasteiger partial charge is 0.481 e. The first-order valence-electron chi connectivity index (χ1n) is 10.9. The molecule has 0 spiro atoms. The number of fused-ring (bicyclic) bond motifs is 1. The summed E-state index contributed by atoms with van der Waals surface area (Å²) in [5, 5.41) is 25.6. The molecule has 2 rings (SSSR count). The van der Waals surface area contributed by atoms with Crippen molar-refractivity contribution in [2.45, 2.75) is 43.8 Å². The molecule has 3 unspecified atom stereocenters. The van der Waals surface area contributed by atoms with Crippen LogP contribution in [0, 0.1) is 0 Å². The van der Waals surface area contributed by atoms with Crippen LogP contribution in [0.15, 0.2) is 30.5 Å². The van der Waals surface area contributed by atoms with Crippen molar-refractivity contribution in [1.82, 2.24) is 20.9 Å². The molecule has 0 aliphatic rings. The fourth-order valence-corrected chi connectivity index (χ4v) is 3.36. The van der Waals surface area contributed by atoms with Crippen molar-refractivity contribution in [2.24, 2.45) is 11.5 Å². The minimum Gasteiger partial charge on any atom is -0.481 e. The third-order valence-electron chi connectivity index (χ3n) is 5.20. The number of para-hydroxylation sites is 1. The highest BCUT2D eigenvalue weighted by Gasteiger charge is 2.27. The lowest BCUT2D eigenvalue weighted by Crippen LogP contribution is -2.54. The van der Waals surface area contributed by atoms with Gasteiger partial charge >= 0.3 is 11.9 Å². The van der Waals surface area contributed by atoms with Crippen molar-refractivity contribution in [2.75, 3.05) is 6.54 Å². The zero-order chi connectivity index (χ0) is 26.8. The molecule has 14 heteroatoms. The molecule has 0 aliphatic heterocycles. The number of rotatable bonds is 14. The molecule has 1 aromatic carbocycles. The average Bonchev–Trinajstić information content (AvgIpc) is 3.22. The summed E-state index contributed by atoms with van der Waals surface area (Å²) >= 11 is 0. The van der Waals surface area contributed by atoms with Gasteiger partial charge in [0, 0.05) is 29.9 Å². The standard InChI is InChI=1S/C22H28N6O8/c23-13(5-6-19(31)32)20(33)28-15(7-11-9-25-14-4-2-1-3-12(11)14)21(34)26-10-18(30)27-16(22(35)36)8-17(24)29/h1-4,9,13,15-16,25H,5-8,10,23H2,(H2,24,29)(H,26,34)(H,27,30)(H,28,33)(H,31,32)(H,35,36). The number of primary amides is 1. The van der Waals surface area contributed by atoms with E-state index in [2.05, 4.69) is 20.9 Å². The number of carboxylic acids is 2. The number of carbonyl (C=O) groups is 6. The van der Waals surface area contributed by atoms with Crippen LogP contribution in [-0.4, -0.2) is 75.4 Å². The predicted molar refractivity (Wildman–Crippen MR) is 125 cm³/mol. The van der Waals surface area contributed by atoms with Crippen LogP contribution in [0.25, 0.3) is 10.9 Å². The molecule has 14 nitrogen and oxygen atoms in total. The zero-order valence-corrected chi connectivity index (χ0v) is 19.2. The summed E-state index contributed by atoms with van der Waals surface area (Å²) in [6.07, 6.45) is 0.539. The average molecular weight is 505 g/mol. The lowest BCUT2D eigenvalue weighted by atomic mass is 10.0. The van der Waals surface area contributed by atoms with Gasteiger partial charge in [-0.25, -0.2) is 4.79 Å². The third kappa shape index (κ3) is 8.39. The number of hydrogen-bond donors (Lipinski definition) is 8. The molecule has 2 aromatic rings. The quantitative estimate of drug-likeness (QED) is 0.141. The van der Waals surface area contributed by atoms with Crippen LogP contribution in [0.2, 0.25) is 0 Å². The number of H-pyrrole nitrogens is 1. The number of benzene rings is 1. The van der Waals surface area contributed by atoms with Crippen molar-refractivity contribution in [3.63, 3.8) is 0 Å². The van der Waals surface area contributed by atoms with Gasteiger partial charge in [-0.2, -0.15) is 0 Å². The first kappa shape index (κ1) is 27.8. The zero-order valence-electron chi connectivity index (χ0n) is 19.2. The van der Waals surface area contributed by atoms with Crippen molar-refractivity contribution in [3.8, 4) is 0 Å². The topological polar surface area (TPSA) is 247 Å². The van der Waals surface area contributed by atoms with Crippen LogP contribution in [0.3, 0.4) is 0 Å². The van der Waals surface area contributed by atoms with Crippen molar-refractivity contribution < 1.29 is 39.0 Å². The molecule has 4 amide bonds. The van der Waals surface area contributed by atoms with Gasteiger partial charge in [0.05, 0.1) is 19.0 Å². The van der Waals surface area contributed by atoms with Crippen molar-refractivity contribution in [3.05, 3.63) is 36.0 Å². The van der Waals surface area contributed by atoms with Crippen LogP contribution in [0.5, 0.6) is 0 Å². The Balaban J connectivity index is 2.11. The number of nitrogens with two attached hydrogens (primary N) is 2. The second-order valence-corrected chi connectivity index (χ2v) is 8.01. The summed E-state index contributed by atoms with van der Waals surface area (Å²) < 4.78 is 0. The molecule has 0 aliphatic carbocycles. The maximum Gasteiger partial charge on any atom is 0.326 e. The number of carbonyl (C=O) groups excluding carboxylic acids is 4. The van der Waals surface area contributed by atoms with Crippen LogP contribution in [0.4, 0.5) is 0 Å². The third-order valence-corrected chi connectivity index (χ3v) is 5.20. The molecule has 0 radical (unpaired) electrons. The van der Waals surface area contributed by atoms with E-state index in [1.807, 2.05) is 18.2 Å². The van der Waals surface area contributed by atoms with Gasteiger partial charge in [-0.15, -0.1) is 0 Å². The molecule has 1 heterocycles. The second kappa shape index (κ2) is 12.9. The van der Waals surface area contributed by atoms with Crippen LogP contribution in [0.1, 0.15) is 24.8 Å². The molecule has 1 aromatic heterocycles. The number of aliphatic carboxylic acids is 2. The van der Waals surface area contributed by atoms with E-state index in [0.717, 1.165) is 10.9 Å². The normalized spacial score (nSPS) is 13.2. The smallest absolute Gasteiger partial charge is 0.326 e. The van der Waals surface area contributed by atoms with Crippen LogP contribution < -0.4 is 27.4 Å². The molecule has 194 valence electrons. The monoisotopic (exact) mass is 504 g/mol. The highest BCUT2D eigenvalue weighted by Crippen LogP contribution is 2.19. The minimum absolute atomic E-state index is 0.00822. The number of hydrogen-bond acceptors (Lipinski definition) is 7. The summed E-state index contributed by atoms with van der Waals surface area (Å²) in [4.78, 5) is 73.5. The van der Waals surface area contributed by atoms with E-state index in [1.165, 1.54) is 0 Å². The van der Waals surface area contributed by atoms with E-state index in [-0.39, 0.29) is 19.3 Å². The summed E-state index contributed by atoms with van der Waals surface area (Å²) in [5.41, 5.74) is 12.2. The van der Waals surface area contributed by atoms with Crippen LogP contribution >= 0.6 is 0 Å². The summed E-state index contributed by atoms with van der Waals surface area (Å²) in [6.45, 7) is -0.646. The number of amides is 4. The molecular formula is C22H28N6O8. The van der Waals surface area contributed by atoms with E-state index >= 15 is 0 Å². The molecule has 36 heavy (non-hydrogen) atoms. The van der Waals surface area contributed by atoms with Crippen molar-refractivity contribution in [1.29, 1.82) is 0 Å². The summed E-state index contributed by atoms with van der Waals surface area (Å²) in [6, 6.07) is 3.30. The highest BCUT2D eigenvalue weighted by molar-refractivity contribution is 5.94. The molecule has 3 atom stereocenters. The number of carboxylic acid groups (broad SMARTS) is 2. The maximum atomic E-state index is 12.9. The van der Waals surface area contributed by atoms with E-state index in [0.29, 0.717) is 5.56 Å². The fraction of sp³-hybridized carbons (Fsp3) is 0.364. The molecule has 10 N–H and O–H groups in total. The maximum absolute atomic E-state index is 12.9. The van der Waals surface area contributed by atoms with E-state index < -0.39 is 66.7 Å². The van der Waals surface area contributed by atoms with Gasteiger partial charge in [0.15, 0.2) is 0 Å². The Kier molecular flexibility index (Phi) is 9.92. The predicted octanol–water partition coefficient (Wildman–Crippen LogP) is -2.05. The van der Waals surface area contributed by atoms with E-state index in [1.54, 1.807) is 12.3 Å². The number of nitrogens with one attached hydrogen (secondary N) is 4. The molecule has 0 fully saturated rings. The first-order chi connectivity index (χ1) is 17.0. The van der Waals surface area contributed by atoms with E-state index in [9.17, 15) is 28.8 Å². The van der Waals surface area contributed by atoms with E-state index in [4.69, 9.17) is 21.7 Å².